The van der Waals surface area contributed by atoms with Gasteiger partial charge in [-0.05, 0) is 31.2 Å². The summed E-state index contributed by atoms with van der Waals surface area (Å²) in [5.74, 6) is -0.178. The lowest BCUT2D eigenvalue weighted by Gasteiger charge is -2.07. The zero-order chi connectivity index (χ0) is 13.1. The molecule has 5 nitrogen and oxygen atoms in total. The second kappa shape index (κ2) is 5.53. The number of hydrogen-bond donors (Lipinski definition) is 1. The van der Waals surface area contributed by atoms with E-state index in [1.165, 1.54) is 0 Å². The Morgan fingerprint density at radius 2 is 2.06 bits per heavy atom. The Bertz CT molecular complexity index is 568. The highest BCUT2D eigenvalue weighted by Gasteiger charge is 2.12. The zero-order valence-electron chi connectivity index (χ0n) is 9.50. The lowest BCUT2D eigenvalue weighted by atomic mass is 10.3. The van der Waals surface area contributed by atoms with Crippen LogP contribution < -0.4 is 0 Å². The fourth-order valence-electron chi connectivity index (χ4n) is 1.45. The molecule has 94 valence electrons. The number of aliphatic carboxylic acids is 1. The molecule has 0 atom stereocenters. The van der Waals surface area contributed by atoms with Crippen LogP contribution in [0.3, 0.4) is 0 Å². The molecule has 1 heterocycles. The number of thioether (sulfide) groups is 1. The van der Waals surface area contributed by atoms with Gasteiger partial charge in [-0.3, -0.25) is 9.36 Å². The minimum atomic E-state index is -0.872. The zero-order valence-corrected chi connectivity index (χ0v) is 11.9. The van der Waals surface area contributed by atoms with Crippen molar-refractivity contribution in [2.24, 2.45) is 0 Å². The minimum Gasteiger partial charge on any atom is -0.481 e. The molecule has 0 fully saturated rings. The van der Waals surface area contributed by atoms with Crippen molar-refractivity contribution in [3.63, 3.8) is 0 Å². The summed E-state index contributed by atoms with van der Waals surface area (Å²) in [5.41, 5.74) is 0.911. The maximum Gasteiger partial charge on any atom is 0.313 e. The smallest absolute Gasteiger partial charge is 0.313 e. The van der Waals surface area contributed by atoms with Crippen molar-refractivity contribution in [3.05, 3.63) is 34.6 Å². The number of halogens is 1. The third-order valence-corrected chi connectivity index (χ3v) is 3.65. The van der Waals surface area contributed by atoms with E-state index in [0.717, 1.165) is 27.7 Å². The van der Waals surface area contributed by atoms with Crippen molar-refractivity contribution in [1.29, 1.82) is 0 Å². The molecular formula is C11H10BrN3O2S. The molecule has 7 heteroatoms. The van der Waals surface area contributed by atoms with Gasteiger partial charge in [-0.25, -0.2) is 0 Å². The fraction of sp³-hybridized carbons (Fsp3) is 0.182. The number of carboxylic acids is 1. The molecule has 1 aromatic carbocycles. The summed E-state index contributed by atoms with van der Waals surface area (Å²) in [6.07, 6.45) is 0. The van der Waals surface area contributed by atoms with E-state index in [0.29, 0.717) is 5.16 Å². The molecule has 0 aliphatic heterocycles. The molecule has 0 unspecified atom stereocenters. The van der Waals surface area contributed by atoms with Crippen LogP contribution in [0.5, 0.6) is 0 Å². The van der Waals surface area contributed by atoms with Crippen molar-refractivity contribution in [1.82, 2.24) is 14.8 Å². The van der Waals surface area contributed by atoms with Crippen molar-refractivity contribution >= 4 is 33.7 Å². The van der Waals surface area contributed by atoms with Gasteiger partial charge < -0.3 is 5.11 Å². The normalized spacial score (nSPS) is 10.6. The number of rotatable bonds is 4. The predicted molar refractivity (Wildman–Crippen MR) is 72.2 cm³/mol. The number of carbonyl (C=O) groups is 1. The lowest BCUT2D eigenvalue weighted by molar-refractivity contribution is -0.133. The number of nitrogens with zero attached hydrogens (tertiary/aromatic N) is 3. The average molecular weight is 328 g/mol. The monoisotopic (exact) mass is 327 g/mol. The molecule has 1 N–H and O–H groups in total. The first-order chi connectivity index (χ1) is 8.58. The van der Waals surface area contributed by atoms with Crippen LogP contribution >= 0.6 is 27.7 Å². The maximum absolute atomic E-state index is 10.6. The van der Waals surface area contributed by atoms with Crippen molar-refractivity contribution < 1.29 is 9.90 Å². The lowest BCUT2D eigenvalue weighted by Crippen LogP contribution is -2.02. The first-order valence-electron chi connectivity index (χ1n) is 5.10. The maximum atomic E-state index is 10.6. The SMILES string of the molecule is Cc1nnc(SCC(=O)O)n1-c1ccc(Br)cc1. The quantitative estimate of drug-likeness (QED) is 0.874. The van der Waals surface area contributed by atoms with Crippen molar-refractivity contribution in [2.75, 3.05) is 5.75 Å². The Balaban J connectivity index is 2.34. The van der Waals surface area contributed by atoms with Crippen LogP contribution in [0.4, 0.5) is 0 Å². The van der Waals surface area contributed by atoms with E-state index in [1.54, 1.807) is 0 Å². The average Bonchev–Trinajstić information content (AvgIpc) is 2.69. The molecule has 0 aliphatic rings. The van der Waals surface area contributed by atoms with Gasteiger partial charge >= 0.3 is 5.97 Å². The van der Waals surface area contributed by atoms with E-state index in [9.17, 15) is 4.79 Å². The molecule has 0 amide bonds. The Labute approximate surface area is 116 Å². The number of aromatic nitrogens is 3. The number of carboxylic acid groups (broad SMARTS) is 1. The second-order valence-corrected chi connectivity index (χ2v) is 5.38. The highest BCUT2D eigenvalue weighted by molar-refractivity contribution is 9.10. The van der Waals surface area contributed by atoms with Crippen molar-refractivity contribution in [3.8, 4) is 5.69 Å². The Morgan fingerprint density at radius 1 is 1.39 bits per heavy atom. The van der Waals surface area contributed by atoms with Gasteiger partial charge in [0.25, 0.3) is 0 Å². The number of aryl methyl sites for hydroxylation is 1. The molecule has 18 heavy (non-hydrogen) atoms. The van der Waals surface area contributed by atoms with Crippen LogP contribution in [0.1, 0.15) is 5.82 Å². The highest BCUT2D eigenvalue weighted by Crippen LogP contribution is 2.22. The molecule has 0 radical (unpaired) electrons. The molecule has 2 rings (SSSR count). The van der Waals surface area contributed by atoms with Crippen LogP contribution in [0.25, 0.3) is 5.69 Å². The Hall–Kier alpha value is -1.34. The fourth-order valence-corrected chi connectivity index (χ4v) is 2.43. The van der Waals surface area contributed by atoms with E-state index in [1.807, 2.05) is 35.8 Å². The Kier molecular flexibility index (Phi) is 4.03. The summed E-state index contributed by atoms with van der Waals surface area (Å²) in [6.45, 7) is 1.83. The molecule has 0 saturated carbocycles. The molecule has 0 saturated heterocycles. The predicted octanol–water partition coefficient (Wildman–Crippen LogP) is 2.51. The van der Waals surface area contributed by atoms with Gasteiger partial charge in [0.05, 0.1) is 5.75 Å². The molecule has 0 aliphatic carbocycles. The van der Waals surface area contributed by atoms with E-state index in [-0.39, 0.29) is 5.75 Å². The number of benzene rings is 1. The summed E-state index contributed by atoms with van der Waals surface area (Å²) < 4.78 is 2.82. The summed E-state index contributed by atoms with van der Waals surface area (Å²) in [6, 6.07) is 7.68. The Morgan fingerprint density at radius 3 is 2.67 bits per heavy atom. The molecular weight excluding hydrogens is 318 g/mol. The third kappa shape index (κ3) is 2.91. The van der Waals surface area contributed by atoms with Gasteiger partial charge in [-0.15, -0.1) is 10.2 Å². The van der Waals surface area contributed by atoms with Gasteiger partial charge in [-0.1, -0.05) is 27.7 Å². The van der Waals surface area contributed by atoms with Gasteiger partial charge in [0.1, 0.15) is 5.82 Å². The van der Waals surface area contributed by atoms with Gasteiger partial charge in [0.2, 0.25) is 0 Å². The van der Waals surface area contributed by atoms with E-state index < -0.39 is 5.97 Å². The topological polar surface area (TPSA) is 68.0 Å². The molecule has 0 spiro atoms. The van der Waals surface area contributed by atoms with Crippen LogP contribution in [-0.2, 0) is 4.79 Å². The second-order valence-electron chi connectivity index (χ2n) is 3.52. The summed E-state index contributed by atoms with van der Waals surface area (Å²) in [5, 5.41) is 17.2. The summed E-state index contributed by atoms with van der Waals surface area (Å²) in [4.78, 5) is 10.6. The first kappa shape index (κ1) is 13.1. The molecule has 1 aromatic heterocycles. The van der Waals surface area contributed by atoms with Gasteiger partial charge in [0, 0.05) is 10.2 Å². The van der Waals surface area contributed by atoms with Crippen LogP contribution in [0, 0.1) is 6.92 Å². The highest BCUT2D eigenvalue weighted by atomic mass is 79.9. The standard InChI is InChI=1S/C11H10BrN3O2S/c1-7-13-14-11(18-6-10(16)17)15(7)9-4-2-8(12)3-5-9/h2-5H,6H2,1H3,(H,16,17). The van der Waals surface area contributed by atoms with Gasteiger partial charge in [-0.2, -0.15) is 0 Å². The third-order valence-electron chi connectivity index (χ3n) is 2.20. The van der Waals surface area contributed by atoms with E-state index >= 15 is 0 Å². The van der Waals surface area contributed by atoms with Crippen LogP contribution in [-0.4, -0.2) is 31.6 Å². The number of hydrogen-bond acceptors (Lipinski definition) is 4. The van der Waals surface area contributed by atoms with Crippen LogP contribution in [0.2, 0.25) is 0 Å². The van der Waals surface area contributed by atoms with Crippen molar-refractivity contribution in [2.45, 2.75) is 12.1 Å². The largest absolute Gasteiger partial charge is 0.481 e. The summed E-state index contributed by atoms with van der Waals surface area (Å²) >= 11 is 4.53. The van der Waals surface area contributed by atoms with Gasteiger partial charge in [0.15, 0.2) is 5.16 Å². The molecule has 0 bridgehead atoms. The molecule has 2 aromatic rings. The van der Waals surface area contributed by atoms with Crippen LogP contribution in [0.15, 0.2) is 33.9 Å². The van der Waals surface area contributed by atoms with E-state index in [2.05, 4.69) is 26.1 Å². The summed E-state index contributed by atoms with van der Waals surface area (Å²) in [7, 11) is 0. The van der Waals surface area contributed by atoms with E-state index in [4.69, 9.17) is 5.11 Å². The first-order valence-corrected chi connectivity index (χ1v) is 6.88. The minimum absolute atomic E-state index is 0.0331.